The highest BCUT2D eigenvalue weighted by molar-refractivity contribution is 5.91. The topological polar surface area (TPSA) is 35.5 Å². The second kappa shape index (κ2) is 12.6. The standard InChI is InChI=1S/C32H28F4O3/c1-3-5-6-7-20-8-10-21(11-9-20)24-16-17-25(29(34)28(24)33)22-12-14-23(15-13-22)39-32(37)26-18-19-27(38-4-2)31(36)30(26)35/h8-19H,3-7H2,1-2H3. The van der Waals surface area contributed by atoms with Crippen molar-refractivity contribution in [3.05, 3.63) is 107 Å². The Labute approximate surface area is 225 Å². The molecule has 0 bridgehead atoms. The Morgan fingerprint density at radius 1 is 0.667 bits per heavy atom. The number of benzene rings is 4. The summed E-state index contributed by atoms with van der Waals surface area (Å²) in [5.74, 6) is -6.03. The predicted molar refractivity (Wildman–Crippen MR) is 143 cm³/mol. The van der Waals surface area contributed by atoms with E-state index in [0.717, 1.165) is 43.4 Å². The van der Waals surface area contributed by atoms with Gasteiger partial charge in [-0.25, -0.2) is 18.0 Å². The molecule has 0 aliphatic rings. The monoisotopic (exact) mass is 536 g/mol. The molecule has 0 saturated heterocycles. The van der Waals surface area contributed by atoms with Gasteiger partial charge in [0.15, 0.2) is 23.2 Å². The third kappa shape index (κ3) is 6.30. The fourth-order valence-electron chi connectivity index (χ4n) is 4.25. The minimum absolute atomic E-state index is 0.0222. The van der Waals surface area contributed by atoms with E-state index in [9.17, 15) is 13.6 Å². The highest BCUT2D eigenvalue weighted by Gasteiger charge is 2.21. The van der Waals surface area contributed by atoms with E-state index in [4.69, 9.17) is 9.47 Å². The first-order valence-electron chi connectivity index (χ1n) is 12.8. The molecule has 0 fully saturated rings. The molecule has 4 aromatic carbocycles. The van der Waals surface area contributed by atoms with Crippen LogP contribution in [0.5, 0.6) is 11.5 Å². The zero-order valence-corrected chi connectivity index (χ0v) is 21.7. The molecule has 0 N–H and O–H groups in total. The van der Waals surface area contributed by atoms with Crippen LogP contribution in [0.25, 0.3) is 22.3 Å². The molecular weight excluding hydrogens is 508 g/mol. The van der Waals surface area contributed by atoms with Crippen molar-refractivity contribution < 1.29 is 31.8 Å². The second-order valence-electron chi connectivity index (χ2n) is 9.03. The summed E-state index contributed by atoms with van der Waals surface area (Å²) < 4.78 is 68.6. The molecule has 0 atom stereocenters. The SMILES string of the molecule is CCCCCc1ccc(-c2ccc(-c3ccc(OC(=O)c4ccc(OCC)c(F)c4F)cc3)c(F)c2F)cc1. The molecule has 0 amide bonds. The van der Waals surface area contributed by atoms with Gasteiger partial charge in [0, 0.05) is 11.1 Å². The molecule has 39 heavy (non-hydrogen) atoms. The van der Waals surface area contributed by atoms with Crippen LogP contribution in [0.15, 0.2) is 72.8 Å². The van der Waals surface area contributed by atoms with Crippen LogP contribution in [-0.2, 0) is 6.42 Å². The quantitative estimate of drug-likeness (QED) is 0.0879. The van der Waals surface area contributed by atoms with Crippen molar-refractivity contribution in [3.8, 4) is 33.8 Å². The van der Waals surface area contributed by atoms with Crippen LogP contribution in [0, 0.1) is 23.3 Å². The lowest BCUT2D eigenvalue weighted by atomic mass is 9.97. The summed E-state index contributed by atoms with van der Waals surface area (Å²) in [6, 6.07) is 18.3. The van der Waals surface area contributed by atoms with Gasteiger partial charge in [-0.2, -0.15) is 4.39 Å². The van der Waals surface area contributed by atoms with Crippen molar-refractivity contribution in [1.29, 1.82) is 0 Å². The highest BCUT2D eigenvalue weighted by Crippen LogP contribution is 2.33. The van der Waals surface area contributed by atoms with E-state index < -0.39 is 34.8 Å². The maximum atomic E-state index is 15.1. The number of rotatable bonds is 10. The van der Waals surface area contributed by atoms with Crippen molar-refractivity contribution in [1.82, 2.24) is 0 Å². The molecule has 0 aromatic heterocycles. The molecule has 7 heteroatoms. The third-order valence-electron chi connectivity index (χ3n) is 6.36. The Morgan fingerprint density at radius 3 is 1.82 bits per heavy atom. The number of halogens is 4. The number of unbranched alkanes of at least 4 members (excludes halogenated alkanes) is 2. The number of aryl methyl sites for hydroxylation is 1. The van der Waals surface area contributed by atoms with E-state index in [1.807, 2.05) is 12.1 Å². The van der Waals surface area contributed by atoms with E-state index >= 15 is 8.78 Å². The molecule has 0 radical (unpaired) electrons. The lowest BCUT2D eigenvalue weighted by Gasteiger charge is -2.11. The van der Waals surface area contributed by atoms with Crippen LogP contribution in [0.3, 0.4) is 0 Å². The molecule has 0 unspecified atom stereocenters. The van der Waals surface area contributed by atoms with E-state index in [0.29, 0.717) is 11.1 Å². The maximum Gasteiger partial charge on any atom is 0.346 e. The zero-order chi connectivity index (χ0) is 27.9. The molecule has 0 aliphatic carbocycles. The first-order chi connectivity index (χ1) is 18.8. The smallest absolute Gasteiger partial charge is 0.346 e. The summed E-state index contributed by atoms with van der Waals surface area (Å²) >= 11 is 0. The fraction of sp³-hybridized carbons (Fsp3) is 0.219. The number of carbonyl (C=O) groups excluding carboxylic acids is 1. The van der Waals surface area contributed by atoms with Crippen LogP contribution in [0.1, 0.15) is 49.0 Å². The third-order valence-corrected chi connectivity index (χ3v) is 6.36. The number of ether oxygens (including phenoxy) is 2. The van der Waals surface area contributed by atoms with E-state index in [1.165, 1.54) is 36.4 Å². The van der Waals surface area contributed by atoms with E-state index in [1.54, 1.807) is 19.1 Å². The summed E-state index contributed by atoms with van der Waals surface area (Å²) in [6.07, 6.45) is 4.31. The summed E-state index contributed by atoms with van der Waals surface area (Å²) in [5, 5.41) is 0. The minimum Gasteiger partial charge on any atom is -0.491 e. The average Bonchev–Trinajstić information content (AvgIpc) is 2.94. The maximum absolute atomic E-state index is 15.1. The summed E-state index contributed by atoms with van der Waals surface area (Å²) in [7, 11) is 0. The van der Waals surface area contributed by atoms with Crippen LogP contribution in [0.2, 0.25) is 0 Å². The Balaban J connectivity index is 1.49. The van der Waals surface area contributed by atoms with E-state index in [-0.39, 0.29) is 29.2 Å². The predicted octanol–water partition coefficient (Wildman–Crippen LogP) is 8.93. The van der Waals surface area contributed by atoms with Gasteiger partial charge in [-0.3, -0.25) is 0 Å². The molecule has 4 aromatic rings. The molecule has 3 nitrogen and oxygen atoms in total. The first kappa shape index (κ1) is 27.9. The second-order valence-corrected chi connectivity index (χ2v) is 9.03. The molecule has 0 spiro atoms. The van der Waals surface area contributed by atoms with Gasteiger partial charge in [-0.05, 0) is 60.7 Å². The number of hydrogen-bond donors (Lipinski definition) is 0. The fourth-order valence-corrected chi connectivity index (χ4v) is 4.25. The van der Waals surface area contributed by atoms with Gasteiger partial charge >= 0.3 is 5.97 Å². The van der Waals surface area contributed by atoms with Crippen molar-refractivity contribution in [2.45, 2.75) is 39.5 Å². The van der Waals surface area contributed by atoms with Crippen LogP contribution in [-0.4, -0.2) is 12.6 Å². The van der Waals surface area contributed by atoms with Gasteiger partial charge in [0.05, 0.1) is 12.2 Å². The molecule has 0 heterocycles. The van der Waals surface area contributed by atoms with Gasteiger partial charge in [0.25, 0.3) is 0 Å². The lowest BCUT2D eigenvalue weighted by molar-refractivity contribution is 0.0728. The Hall–Kier alpha value is -4.13. The largest absolute Gasteiger partial charge is 0.491 e. The van der Waals surface area contributed by atoms with Crippen molar-refractivity contribution in [2.75, 3.05) is 6.61 Å². The molecule has 0 aliphatic heterocycles. The highest BCUT2D eigenvalue weighted by atomic mass is 19.2. The Morgan fingerprint density at radius 2 is 1.26 bits per heavy atom. The summed E-state index contributed by atoms with van der Waals surface area (Å²) in [6.45, 7) is 3.89. The van der Waals surface area contributed by atoms with Gasteiger partial charge in [0.2, 0.25) is 5.82 Å². The summed E-state index contributed by atoms with van der Waals surface area (Å²) in [4.78, 5) is 12.4. The van der Waals surface area contributed by atoms with Crippen LogP contribution in [0.4, 0.5) is 17.6 Å². The molecule has 202 valence electrons. The van der Waals surface area contributed by atoms with Crippen molar-refractivity contribution in [3.63, 3.8) is 0 Å². The number of carbonyl (C=O) groups is 1. The van der Waals surface area contributed by atoms with E-state index in [2.05, 4.69) is 6.92 Å². The normalized spacial score (nSPS) is 10.9. The van der Waals surface area contributed by atoms with Gasteiger partial charge in [-0.15, -0.1) is 0 Å². The number of esters is 1. The van der Waals surface area contributed by atoms with Crippen molar-refractivity contribution in [2.24, 2.45) is 0 Å². The van der Waals surface area contributed by atoms with Gasteiger partial charge < -0.3 is 9.47 Å². The molecule has 0 saturated carbocycles. The average molecular weight is 537 g/mol. The minimum atomic E-state index is -1.38. The van der Waals surface area contributed by atoms with Gasteiger partial charge in [-0.1, -0.05) is 68.3 Å². The van der Waals surface area contributed by atoms with Crippen LogP contribution < -0.4 is 9.47 Å². The summed E-state index contributed by atoms with van der Waals surface area (Å²) in [5.41, 5.74) is 1.68. The van der Waals surface area contributed by atoms with Gasteiger partial charge in [0.1, 0.15) is 5.75 Å². The van der Waals surface area contributed by atoms with Crippen LogP contribution >= 0.6 is 0 Å². The Kier molecular flexibility index (Phi) is 9.02. The first-order valence-corrected chi connectivity index (χ1v) is 12.8. The zero-order valence-electron chi connectivity index (χ0n) is 21.7. The Bertz CT molecular complexity index is 1450. The number of hydrogen-bond acceptors (Lipinski definition) is 3. The lowest BCUT2D eigenvalue weighted by Crippen LogP contribution is -2.12. The molecular formula is C32H28F4O3. The van der Waals surface area contributed by atoms with Crippen molar-refractivity contribution >= 4 is 5.97 Å². The molecule has 4 rings (SSSR count).